The Hall–Kier alpha value is -3.47. The molecule has 2 aromatic carbocycles. The smallest absolute Gasteiger partial charge is 0.281 e. The van der Waals surface area contributed by atoms with Crippen LogP contribution < -0.4 is 10.9 Å². The highest BCUT2D eigenvalue weighted by molar-refractivity contribution is 7.90. The quantitative estimate of drug-likeness (QED) is 0.575. The number of aromatic nitrogens is 2. The van der Waals surface area contributed by atoms with Gasteiger partial charge >= 0.3 is 6.18 Å². The van der Waals surface area contributed by atoms with Crippen molar-refractivity contribution in [3.63, 3.8) is 0 Å². The molecule has 0 spiro atoms. The summed E-state index contributed by atoms with van der Waals surface area (Å²) in [5, 5.41) is 0. The summed E-state index contributed by atoms with van der Waals surface area (Å²) in [6, 6.07) is 13.7. The van der Waals surface area contributed by atoms with E-state index in [-0.39, 0.29) is 27.5 Å². The van der Waals surface area contributed by atoms with Gasteiger partial charge in [-0.05, 0) is 17.7 Å². The Bertz CT molecular complexity index is 1210. The van der Waals surface area contributed by atoms with Crippen molar-refractivity contribution in [1.82, 2.24) is 15.4 Å². The SMILES string of the molecule is CC(=O)NNc1nc(C(F)(F)F)nc(-c2ccc(S(C)(=O)=O)cc2)c1-c1ccccc1. The van der Waals surface area contributed by atoms with Crippen molar-refractivity contribution in [3.8, 4) is 22.4 Å². The molecule has 0 saturated carbocycles. The van der Waals surface area contributed by atoms with Crippen LogP contribution in [-0.4, -0.2) is 30.5 Å². The van der Waals surface area contributed by atoms with Gasteiger partial charge < -0.3 is 0 Å². The fraction of sp³-hybridized carbons (Fsp3) is 0.150. The van der Waals surface area contributed by atoms with Crippen molar-refractivity contribution in [1.29, 1.82) is 0 Å². The number of alkyl halides is 3. The zero-order valence-corrected chi connectivity index (χ0v) is 17.2. The first kappa shape index (κ1) is 22.2. The van der Waals surface area contributed by atoms with Gasteiger partial charge in [0.15, 0.2) is 15.7 Å². The normalized spacial score (nSPS) is 11.8. The standard InChI is InChI=1S/C20H17F3N4O3S/c1-12(28)26-27-18-16(13-6-4-3-5-7-13)17(24-19(25-18)20(21,22)23)14-8-10-15(11-9-14)31(2,29)30/h3-11H,1-2H3,(H,26,28)(H,24,25,27). The molecule has 3 aromatic rings. The van der Waals surface area contributed by atoms with E-state index in [1.165, 1.54) is 31.2 Å². The predicted octanol–water partition coefficient (Wildman–Crippen LogP) is 3.70. The number of hydrazine groups is 1. The maximum absolute atomic E-state index is 13.5. The van der Waals surface area contributed by atoms with Crippen LogP contribution in [0, 0.1) is 0 Å². The second-order valence-corrected chi connectivity index (χ2v) is 8.60. The van der Waals surface area contributed by atoms with Gasteiger partial charge in [0.05, 0.1) is 16.2 Å². The van der Waals surface area contributed by atoms with E-state index >= 15 is 0 Å². The molecule has 1 aromatic heterocycles. The molecular formula is C20H17F3N4O3S. The van der Waals surface area contributed by atoms with Crippen LogP contribution in [0.2, 0.25) is 0 Å². The molecule has 7 nitrogen and oxygen atoms in total. The van der Waals surface area contributed by atoms with Crippen LogP contribution >= 0.6 is 0 Å². The third-order valence-electron chi connectivity index (χ3n) is 4.14. The van der Waals surface area contributed by atoms with Gasteiger partial charge in [0.25, 0.3) is 0 Å². The maximum atomic E-state index is 13.5. The number of carbonyl (C=O) groups is 1. The molecule has 1 heterocycles. The van der Waals surface area contributed by atoms with Crippen molar-refractivity contribution in [2.24, 2.45) is 0 Å². The molecule has 0 saturated heterocycles. The molecule has 0 fully saturated rings. The van der Waals surface area contributed by atoms with E-state index in [9.17, 15) is 26.4 Å². The summed E-state index contributed by atoms with van der Waals surface area (Å²) in [4.78, 5) is 18.7. The lowest BCUT2D eigenvalue weighted by Crippen LogP contribution is -2.28. The zero-order chi connectivity index (χ0) is 22.8. The van der Waals surface area contributed by atoms with Gasteiger partial charge in [-0.2, -0.15) is 13.2 Å². The topological polar surface area (TPSA) is 101 Å². The summed E-state index contributed by atoms with van der Waals surface area (Å²) in [6.07, 6.45) is -3.83. The summed E-state index contributed by atoms with van der Waals surface area (Å²) in [5.74, 6) is -2.21. The van der Waals surface area contributed by atoms with Crippen molar-refractivity contribution in [3.05, 3.63) is 60.4 Å². The van der Waals surface area contributed by atoms with Gasteiger partial charge in [-0.15, -0.1) is 0 Å². The molecular weight excluding hydrogens is 433 g/mol. The lowest BCUT2D eigenvalue weighted by molar-refractivity contribution is -0.144. The first-order valence-corrected chi connectivity index (χ1v) is 10.7. The van der Waals surface area contributed by atoms with Crippen molar-refractivity contribution in [2.75, 3.05) is 11.7 Å². The van der Waals surface area contributed by atoms with Crippen molar-refractivity contribution in [2.45, 2.75) is 18.0 Å². The summed E-state index contributed by atoms with van der Waals surface area (Å²) in [7, 11) is -3.49. The average molecular weight is 450 g/mol. The lowest BCUT2D eigenvalue weighted by atomic mass is 9.99. The lowest BCUT2D eigenvalue weighted by Gasteiger charge is -2.18. The Morgan fingerprint density at radius 3 is 2.06 bits per heavy atom. The van der Waals surface area contributed by atoms with Gasteiger partial charge in [-0.3, -0.25) is 15.6 Å². The molecule has 0 aliphatic rings. The number of nitrogens with zero attached hydrogens (tertiary/aromatic N) is 2. The van der Waals surface area contributed by atoms with Crippen molar-refractivity contribution < 1.29 is 26.4 Å². The third kappa shape index (κ3) is 5.18. The van der Waals surface area contributed by atoms with Gasteiger partial charge in [0, 0.05) is 18.7 Å². The first-order chi connectivity index (χ1) is 14.5. The monoisotopic (exact) mass is 450 g/mol. The highest BCUT2D eigenvalue weighted by Gasteiger charge is 2.37. The first-order valence-electron chi connectivity index (χ1n) is 8.84. The van der Waals surface area contributed by atoms with Crippen LogP contribution in [0.15, 0.2) is 59.5 Å². The second kappa shape index (κ2) is 8.34. The van der Waals surface area contributed by atoms with E-state index in [2.05, 4.69) is 20.8 Å². The molecule has 1 amide bonds. The maximum Gasteiger partial charge on any atom is 0.451 e. The van der Waals surface area contributed by atoms with Crippen LogP contribution in [0.25, 0.3) is 22.4 Å². The Kier molecular flexibility index (Phi) is 5.98. The number of halogens is 3. The van der Waals surface area contributed by atoms with E-state index in [1.54, 1.807) is 30.3 Å². The highest BCUT2D eigenvalue weighted by Crippen LogP contribution is 2.38. The number of benzene rings is 2. The number of nitrogens with one attached hydrogen (secondary N) is 2. The predicted molar refractivity (Wildman–Crippen MR) is 108 cm³/mol. The third-order valence-corrected chi connectivity index (χ3v) is 5.27. The summed E-state index contributed by atoms with van der Waals surface area (Å²) < 4.78 is 64.0. The van der Waals surface area contributed by atoms with E-state index in [1.807, 2.05) is 0 Å². The fourth-order valence-corrected chi connectivity index (χ4v) is 3.40. The average Bonchev–Trinajstić information content (AvgIpc) is 2.71. The summed E-state index contributed by atoms with van der Waals surface area (Å²) >= 11 is 0. The van der Waals surface area contributed by atoms with Crippen LogP contribution in [0.4, 0.5) is 19.0 Å². The van der Waals surface area contributed by atoms with E-state index < -0.39 is 27.7 Å². The number of amides is 1. The largest absolute Gasteiger partial charge is 0.451 e. The van der Waals surface area contributed by atoms with Gasteiger partial charge in [0.2, 0.25) is 11.7 Å². The zero-order valence-electron chi connectivity index (χ0n) is 16.4. The van der Waals surface area contributed by atoms with Gasteiger partial charge in [0.1, 0.15) is 0 Å². The molecule has 0 atom stereocenters. The van der Waals surface area contributed by atoms with Crippen LogP contribution in [0.1, 0.15) is 12.7 Å². The summed E-state index contributed by atoms with van der Waals surface area (Å²) in [6.45, 7) is 1.19. The van der Waals surface area contributed by atoms with E-state index in [0.29, 0.717) is 5.56 Å². The molecule has 0 unspecified atom stereocenters. The Labute approximate surface area is 176 Å². The van der Waals surface area contributed by atoms with Gasteiger partial charge in [-0.1, -0.05) is 42.5 Å². The number of carbonyl (C=O) groups excluding carboxylic acids is 1. The number of anilines is 1. The number of hydrogen-bond acceptors (Lipinski definition) is 6. The number of rotatable bonds is 5. The van der Waals surface area contributed by atoms with Crippen molar-refractivity contribution >= 4 is 21.6 Å². The molecule has 2 N–H and O–H groups in total. The number of sulfone groups is 1. The van der Waals surface area contributed by atoms with E-state index in [4.69, 9.17) is 0 Å². The minimum absolute atomic E-state index is 0.0132. The molecule has 0 radical (unpaired) electrons. The highest BCUT2D eigenvalue weighted by atomic mass is 32.2. The van der Waals surface area contributed by atoms with E-state index in [0.717, 1.165) is 6.26 Å². The molecule has 3 rings (SSSR count). The van der Waals surface area contributed by atoms with Crippen LogP contribution in [-0.2, 0) is 20.8 Å². The molecule has 0 bridgehead atoms. The molecule has 162 valence electrons. The molecule has 0 aliphatic carbocycles. The van der Waals surface area contributed by atoms with Crippen LogP contribution in [0.3, 0.4) is 0 Å². The minimum Gasteiger partial charge on any atom is -0.281 e. The molecule has 11 heteroatoms. The number of hydrogen-bond donors (Lipinski definition) is 2. The Balaban J connectivity index is 2.31. The fourth-order valence-electron chi connectivity index (χ4n) is 2.77. The molecule has 0 aliphatic heterocycles. The van der Waals surface area contributed by atoms with Crippen LogP contribution in [0.5, 0.6) is 0 Å². The molecule has 31 heavy (non-hydrogen) atoms. The Morgan fingerprint density at radius 2 is 1.55 bits per heavy atom. The minimum atomic E-state index is -4.86. The van der Waals surface area contributed by atoms with Gasteiger partial charge in [-0.25, -0.2) is 18.4 Å². The second-order valence-electron chi connectivity index (χ2n) is 6.59. The summed E-state index contributed by atoms with van der Waals surface area (Å²) in [5.41, 5.74) is 5.51. The Morgan fingerprint density at radius 1 is 0.935 bits per heavy atom.